The van der Waals surface area contributed by atoms with Crippen LogP contribution in [0.15, 0.2) is 73.9 Å². The minimum Gasteiger partial charge on any atom is -0.340 e. The van der Waals surface area contributed by atoms with Gasteiger partial charge in [0.05, 0.1) is 11.7 Å². The molecule has 3 heterocycles. The van der Waals surface area contributed by atoms with E-state index in [9.17, 15) is 0 Å². The van der Waals surface area contributed by atoms with Crippen LogP contribution < -0.4 is 5.32 Å². The lowest BCUT2D eigenvalue weighted by atomic mass is 10.2. The van der Waals surface area contributed by atoms with Crippen LogP contribution in [-0.4, -0.2) is 19.9 Å². The number of nitrogens with zero attached hydrogens (tertiary/aromatic N) is 4. The van der Waals surface area contributed by atoms with E-state index in [1.807, 2.05) is 43.4 Å². The second-order valence-corrected chi connectivity index (χ2v) is 5.01. The standard InChI is InChI=1S/C19H17N5/c1-3-5-14(6-4-2)18-23-17-13-21-12-9-16(17)19(24-18)22-15-7-10-20-11-8-15/h3-13H,1H2,2H3,(H,20,22,23,24)/b6-4-,14-5+. The molecular weight excluding hydrogens is 298 g/mol. The summed E-state index contributed by atoms with van der Waals surface area (Å²) in [5.74, 6) is 1.34. The molecule has 3 aromatic heterocycles. The van der Waals surface area contributed by atoms with Crippen LogP contribution >= 0.6 is 0 Å². The van der Waals surface area contributed by atoms with Crippen LogP contribution in [0.25, 0.3) is 16.5 Å². The van der Waals surface area contributed by atoms with Gasteiger partial charge in [-0.2, -0.15) is 0 Å². The second kappa shape index (κ2) is 7.28. The van der Waals surface area contributed by atoms with Crippen LogP contribution in [0.3, 0.4) is 0 Å². The lowest BCUT2D eigenvalue weighted by molar-refractivity contribution is 1.16. The molecule has 3 aromatic rings. The van der Waals surface area contributed by atoms with Crippen molar-refractivity contribution in [3.05, 3.63) is 79.7 Å². The van der Waals surface area contributed by atoms with E-state index in [2.05, 4.69) is 26.8 Å². The zero-order valence-corrected chi connectivity index (χ0v) is 13.3. The second-order valence-electron chi connectivity index (χ2n) is 5.01. The van der Waals surface area contributed by atoms with Crippen molar-refractivity contribution in [3.8, 4) is 0 Å². The van der Waals surface area contributed by atoms with Gasteiger partial charge in [-0.3, -0.25) is 9.97 Å². The molecular formula is C19H17N5. The number of anilines is 2. The van der Waals surface area contributed by atoms with Gasteiger partial charge in [-0.25, -0.2) is 9.97 Å². The summed E-state index contributed by atoms with van der Waals surface area (Å²) < 4.78 is 0. The third-order valence-electron chi connectivity index (χ3n) is 3.34. The van der Waals surface area contributed by atoms with Gasteiger partial charge in [0.25, 0.3) is 0 Å². The number of pyridine rings is 2. The predicted octanol–water partition coefficient (Wildman–Crippen LogP) is 4.31. The van der Waals surface area contributed by atoms with Crippen LogP contribution in [0, 0.1) is 0 Å². The summed E-state index contributed by atoms with van der Waals surface area (Å²) >= 11 is 0. The minimum atomic E-state index is 0.616. The quantitative estimate of drug-likeness (QED) is 0.711. The van der Waals surface area contributed by atoms with Crippen molar-refractivity contribution in [2.75, 3.05) is 5.32 Å². The van der Waals surface area contributed by atoms with E-state index in [1.54, 1.807) is 30.9 Å². The molecule has 118 valence electrons. The molecule has 5 nitrogen and oxygen atoms in total. The molecule has 1 N–H and O–H groups in total. The first-order chi connectivity index (χ1) is 11.8. The van der Waals surface area contributed by atoms with Crippen LogP contribution in [-0.2, 0) is 0 Å². The molecule has 0 aliphatic rings. The zero-order chi connectivity index (χ0) is 16.8. The summed E-state index contributed by atoms with van der Waals surface area (Å²) in [5, 5.41) is 4.24. The van der Waals surface area contributed by atoms with Crippen LogP contribution in [0.5, 0.6) is 0 Å². The maximum absolute atomic E-state index is 4.70. The van der Waals surface area contributed by atoms with Gasteiger partial charge in [-0.05, 0) is 25.1 Å². The first kappa shape index (κ1) is 15.6. The van der Waals surface area contributed by atoms with E-state index in [4.69, 9.17) is 4.98 Å². The van der Waals surface area contributed by atoms with Crippen LogP contribution in [0.2, 0.25) is 0 Å². The molecule has 0 bridgehead atoms. The molecule has 0 aromatic carbocycles. The van der Waals surface area contributed by atoms with Crippen molar-refractivity contribution in [1.29, 1.82) is 0 Å². The van der Waals surface area contributed by atoms with Crippen molar-refractivity contribution in [1.82, 2.24) is 19.9 Å². The third-order valence-corrected chi connectivity index (χ3v) is 3.34. The van der Waals surface area contributed by atoms with Gasteiger partial charge in [-0.15, -0.1) is 0 Å². The number of rotatable bonds is 5. The Hall–Kier alpha value is -3.34. The molecule has 3 rings (SSSR count). The molecule has 0 amide bonds. The van der Waals surface area contributed by atoms with Gasteiger partial charge < -0.3 is 5.32 Å². The Morgan fingerprint density at radius 2 is 1.88 bits per heavy atom. The van der Waals surface area contributed by atoms with Gasteiger partial charge in [0.2, 0.25) is 0 Å². The maximum Gasteiger partial charge on any atom is 0.162 e. The fourth-order valence-corrected chi connectivity index (χ4v) is 2.29. The molecule has 24 heavy (non-hydrogen) atoms. The number of fused-ring (bicyclic) bond motifs is 1. The fourth-order valence-electron chi connectivity index (χ4n) is 2.29. The summed E-state index contributed by atoms with van der Waals surface area (Å²) in [4.78, 5) is 17.5. The lowest BCUT2D eigenvalue weighted by Crippen LogP contribution is -2.01. The number of nitrogens with one attached hydrogen (secondary N) is 1. The van der Waals surface area contributed by atoms with Gasteiger partial charge in [-0.1, -0.05) is 30.9 Å². The number of hydrogen-bond donors (Lipinski definition) is 1. The molecule has 0 saturated carbocycles. The molecule has 0 unspecified atom stereocenters. The van der Waals surface area contributed by atoms with Crippen LogP contribution in [0.4, 0.5) is 11.5 Å². The highest BCUT2D eigenvalue weighted by atomic mass is 15.0. The average molecular weight is 315 g/mol. The Kier molecular flexibility index (Phi) is 4.72. The Morgan fingerprint density at radius 3 is 2.62 bits per heavy atom. The molecule has 0 atom stereocenters. The van der Waals surface area contributed by atoms with E-state index in [0.29, 0.717) is 5.82 Å². The summed E-state index contributed by atoms with van der Waals surface area (Å²) in [6, 6.07) is 5.68. The molecule has 0 aliphatic heterocycles. The predicted molar refractivity (Wildman–Crippen MR) is 97.8 cm³/mol. The number of allylic oxidation sites excluding steroid dienone is 5. The molecule has 0 radical (unpaired) electrons. The highest BCUT2D eigenvalue weighted by molar-refractivity contribution is 5.91. The van der Waals surface area contributed by atoms with E-state index < -0.39 is 0 Å². The zero-order valence-electron chi connectivity index (χ0n) is 13.3. The highest BCUT2D eigenvalue weighted by Crippen LogP contribution is 2.25. The normalized spacial score (nSPS) is 11.8. The molecule has 0 aliphatic carbocycles. The van der Waals surface area contributed by atoms with Crippen LogP contribution in [0.1, 0.15) is 12.7 Å². The Balaban J connectivity index is 2.16. The van der Waals surface area contributed by atoms with Crippen molar-refractivity contribution in [2.24, 2.45) is 0 Å². The Bertz CT molecular complexity index is 913. The number of hydrogen-bond acceptors (Lipinski definition) is 5. The van der Waals surface area contributed by atoms with E-state index in [1.165, 1.54) is 0 Å². The summed E-state index contributed by atoms with van der Waals surface area (Å²) in [5.41, 5.74) is 2.57. The summed E-state index contributed by atoms with van der Waals surface area (Å²) in [6.07, 6.45) is 14.4. The van der Waals surface area contributed by atoms with Crippen molar-refractivity contribution >= 4 is 28.0 Å². The molecule has 0 saturated heterocycles. The fraction of sp³-hybridized carbons (Fsp3) is 0.0526. The van der Waals surface area contributed by atoms with Crippen molar-refractivity contribution in [3.63, 3.8) is 0 Å². The SMILES string of the molecule is C=C/C=C(\C=C/C)c1nc(Nc2ccncc2)c2ccncc2n1. The van der Waals surface area contributed by atoms with E-state index in [0.717, 1.165) is 28.0 Å². The summed E-state index contributed by atoms with van der Waals surface area (Å²) in [6.45, 7) is 5.71. The average Bonchev–Trinajstić information content (AvgIpc) is 2.62. The molecule has 0 spiro atoms. The first-order valence-electron chi connectivity index (χ1n) is 7.56. The van der Waals surface area contributed by atoms with E-state index in [-0.39, 0.29) is 0 Å². The maximum atomic E-state index is 4.70. The summed E-state index contributed by atoms with van der Waals surface area (Å²) in [7, 11) is 0. The van der Waals surface area contributed by atoms with Gasteiger partial charge in [0.1, 0.15) is 5.82 Å². The highest BCUT2D eigenvalue weighted by Gasteiger charge is 2.10. The van der Waals surface area contributed by atoms with E-state index >= 15 is 0 Å². The smallest absolute Gasteiger partial charge is 0.162 e. The topological polar surface area (TPSA) is 63.6 Å². The Morgan fingerprint density at radius 1 is 1.08 bits per heavy atom. The van der Waals surface area contributed by atoms with Gasteiger partial charge in [0, 0.05) is 35.2 Å². The Labute approximate surface area is 140 Å². The van der Waals surface area contributed by atoms with Gasteiger partial charge >= 0.3 is 0 Å². The molecule has 0 fully saturated rings. The van der Waals surface area contributed by atoms with Gasteiger partial charge in [0.15, 0.2) is 5.82 Å². The monoisotopic (exact) mass is 315 g/mol. The third kappa shape index (κ3) is 3.35. The minimum absolute atomic E-state index is 0.616. The lowest BCUT2D eigenvalue weighted by Gasteiger charge is -2.11. The van der Waals surface area contributed by atoms with Crippen molar-refractivity contribution < 1.29 is 0 Å². The number of aromatic nitrogens is 4. The largest absolute Gasteiger partial charge is 0.340 e. The first-order valence-corrected chi connectivity index (χ1v) is 7.56. The van der Waals surface area contributed by atoms with Crippen molar-refractivity contribution in [2.45, 2.75) is 6.92 Å². The molecule has 5 heteroatoms.